The molecule has 1 aromatic heterocycles. The van der Waals surface area contributed by atoms with Gasteiger partial charge in [0, 0.05) is 22.8 Å². The average molecular weight is 335 g/mol. The van der Waals surface area contributed by atoms with Crippen molar-refractivity contribution in [2.24, 2.45) is 0 Å². The molecule has 0 aliphatic carbocycles. The fraction of sp³-hybridized carbons (Fsp3) is 0.312. The van der Waals surface area contributed by atoms with E-state index < -0.39 is 0 Å². The van der Waals surface area contributed by atoms with Crippen molar-refractivity contribution in [1.29, 1.82) is 0 Å². The number of halogens is 1. The van der Waals surface area contributed by atoms with Crippen LogP contribution in [0.25, 0.3) is 0 Å². The lowest BCUT2D eigenvalue weighted by Gasteiger charge is -2.12. The van der Waals surface area contributed by atoms with Crippen molar-refractivity contribution in [3.63, 3.8) is 0 Å². The molecule has 0 aliphatic heterocycles. The predicted molar refractivity (Wildman–Crippen MR) is 85.3 cm³/mol. The topological polar surface area (TPSA) is 34.1 Å². The molecule has 0 saturated heterocycles. The second kappa shape index (κ2) is 6.86. The van der Waals surface area contributed by atoms with Crippen molar-refractivity contribution in [1.82, 2.24) is 10.3 Å². The van der Waals surface area contributed by atoms with Crippen molar-refractivity contribution < 1.29 is 4.74 Å². The first-order valence-corrected chi connectivity index (χ1v) is 7.46. The SMILES string of the molecule is CNCc1cc(Oc2cccc(Br)c2)nc(C(C)C)c1. The molecular weight excluding hydrogens is 316 g/mol. The van der Waals surface area contributed by atoms with Gasteiger partial charge in [-0.05, 0) is 42.8 Å². The van der Waals surface area contributed by atoms with E-state index in [1.165, 1.54) is 5.56 Å². The first-order valence-electron chi connectivity index (χ1n) is 6.67. The van der Waals surface area contributed by atoms with Crippen molar-refractivity contribution >= 4 is 15.9 Å². The lowest BCUT2D eigenvalue weighted by molar-refractivity contribution is 0.458. The first kappa shape index (κ1) is 15.0. The summed E-state index contributed by atoms with van der Waals surface area (Å²) in [5.74, 6) is 1.79. The van der Waals surface area contributed by atoms with Gasteiger partial charge in [0.15, 0.2) is 0 Å². The number of nitrogens with one attached hydrogen (secondary N) is 1. The van der Waals surface area contributed by atoms with Crippen LogP contribution < -0.4 is 10.1 Å². The van der Waals surface area contributed by atoms with Crippen LogP contribution in [0.4, 0.5) is 0 Å². The number of nitrogens with zero attached hydrogens (tertiary/aromatic N) is 1. The van der Waals surface area contributed by atoms with E-state index in [1.54, 1.807) is 0 Å². The van der Waals surface area contributed by atoms with E-state index in [9.17, 15) is 0 Å². The van der Waals surface area contributed by atoms with E-state index >= 15 is 0 Å². The molecule has 0 radical (unpaired) electrons. The van der Waals surface area contributed by atoms with Crippen LogP contribution >= 0.6 is 15.9 Å². The molecule has 0 bridgehead atoms. The summed E-state index contributed by atoms with van der Waals surface area (Å²) in [5, 5.41) is 3.16. The summed E-state index contributed by atoms with van der Waals surface area (Å²) in [6.45, 7) is 5.07. The highest BCUT2D eigenvalue weighted by Crippen LogP contribution is 2.25. The zero-order valence-electron chi connectivity index (χ0n) is 12.0. The normalized spacial score (nSPS) is 10.8. The van der Waals surface area contributed by atoms with E-state index in [1.807, 2.05) is 37.4 Å². The van der Waals surface area contributed by atoms with Gasteiger partial charge < -0.3 is 10.1 Å². The molecule has 106 valence electrons. The molecule has 3 nitrogen and oxygen atoms in total. The Hall–Kier alpha value is -1.39. The van der Waals surface area contributed by atoms with E-state index in [-0.39, 0.29) is 0 Å². The number of hydrogen-bond acceptors (Lipinski definition) is 3. The quantitative estimate of drug-likeness (QED) is 0.875. The Morgan fingerprint density at radius 3 is 2.70 bits per heavy atom. The van der Waals surface area contributed by atoms with Gasteiger partial charge in [0.1, 0.15) is 5.75 Å². The smallest absolute Gasteiger partial charge is 0.219 e. The summed E-state index contributed by atoms with van der Waals surface area (Å²) in [6, 6.07) is 11.9. The maximum absolute atomic E-state index is 5.87. The van der Waals surface area contributed by atoms with Crippen LogP contribution in [0.1, 0.15) is 31.0 Å². The van der Waals surface area contributed by atoms with Crippen LogP contribution in [-0.2, 0) is 6.54 Å². The molecule has 2 aromatic rings. The Morgan fingerprint density at radius 1 is 1.25 bits per heavy atom. The Bertz CT molecular complexity index is 584. The molecule has 4 heteroatoms. The van der Waals surface area contributed by atoms with Gasteiger partial charge >= 0.3 is 0 Å². The van der Waals surface area contributed by atoms with Crippen LogP contribution in [0.5, 0.6) is 11.6 Å². The Morgan fingerprint density at radius 2 is 2.05 bits per heavy atom. The van der Waals surface area contributed by atoms with Crippen LogP contribution in [0.3, 0.4) is 0 Å². The van der Waals surface area contributed by atoms with Gasteiger partial charge in [0.05, 0.1) is 0 Å². The molecule has 1 aromatic carbocycles. The summed E-state index contributed by atoms with van der Waals surface area (Å²) in [5.41, 5.74) is 2.22. The van der Waals surface area contributed by atoms with E-state index in [0.29, 0.717) is 11.8 Å². The lowest BCUT2D eigenvalue weighted by Crippen LogP contribution is -2.07. The van der Waals surface area contributed by atoms with Crippen molar-refractivity contribution in [2.75, 3.05) is 7.05 Å². The van der Waals surface area contributed by atoms with Crippen molar-refractivity contribution in [3.05, 3.63) is 52.1 Å². The molecule has 0 atom stereocenters. The molecule has 0 fully saturated rings. The van der Waals surface area contributed by atoms with Crippen LogP contribution in [0.2, 0.25) is 0 Å². The molecule has 0 unspecified atom stereocenters. The highest BCUT2D eigenvalue weighted by molar-refractivity contribution is 9.10. The van der Waals surface area contributed by atoms with Gasteiger partial charge in [-0.3, -0.25) is 0 Å². The van der Waals surface area contributed by atoms with Crippen molar-refractivity contribution in [3.8, 4) is 11.6 Å². The minimum atomic E-state index is 0.372. The molecule has 20 heavy (non-hydrogen) atoms. The maximum atomic E-state index is 5.87. The molecule has 0 aliphatic rings. The van der Waals surface area contributed by atoms with Crippen molar-refractivity contribution in [2.45, 2.75) is 26.3 Å². The molecule has 1 heterocycles. The molecule has 2 rings (SSSR count). The molecule has 0 amide bonds. The molecule has 0 spiro atoms. The molecule has 1 N–H and O–H groups in total. The third kappa shape index (κ3) is 4.05. The second-order valence-corrected chi connectivity index (χ2v) is 5.90. The highest BCUT2D eigenvalue weighted by atomic mass is 79.9. The van der Waals surface area contributed by atoms with Crippen LogP contribution in [0, 0.1) is 0 Å². The number of aromatic nitrogens is 1. The van der Waals surface area contributed by atoms with Gasteiger partial charge in [-0.1, -0.05) is 35.8 Å². The fourth-order valence-electron chi connectivity index (χ4n) is 1.89. The number of hydrogen-bond donors (Lipinski definition) is 1. The summed E-state index contributed by atoms with van der Waals surface area (Å²) in [6.07, 6.45) is 0. The number of benzene rings is 1. The second-order valence-electron chi connectivity index (χ2n) is 4.98. The Labute approximate surface area is 128 Å². The molecular formula is C16H19BrN2O. The predicted octanol–water partition coefficient (Wildman–Crippen LogP) is 4.48. The standard InChI is InChI=1S/C16H19BrN2O/c1-11(2)15-7-12(10-18-3)8-16(19-15)20-14-6-4-5-13(17)9-14/h4-9,11,18H,10H2,1-3H3. The summed E-state index contributed by atoms with van der Waals surface area (Å²) in [7, 11) is 1.93. The van der Waals surface area contributed by atoms with Gasteiger partial charge in [-0.25, -0.2) is 4.98 Å². The first-order chi connectivity index (χ1) is 9.58. The minimum Gasteiger partial charge on any atom is -0.439 e. The minimum absolute atomic E-state index is 0.372. The third-order valence-electron chi connectivity index (χ3n) is 2.87. The monoisotopic (exact) mass is 334 g/mol. The van der Waals surface area contributed by atoms with E-state index in [4.69, 9.17) is 4.74 Å². The largest absolute Gasteiger partial charge is 0.439 e. The molecule has 0 saturated carbocycles. The van der Waals surface area contributed by atoms with Gasteiger partial charge in [0.25, 0.3) is 0 Å². The zero-order valence-corrected chi connectivity index (χ0v) is 13.6. The highest BCUT2D eigenvalue weighted by Gasteiger charge is 2.08. The zero-order chi connectivity index (χ0) is 14.5. The van der Waals surface area contributed by atoms with Crippen LogP contribution in [0.15, 0.2) is 40.9 Å². The van der Waals surface area contributed by atoms with Gasteiger partial charge in [0.2, 0.25) is 5.88 Å². The van der Waals surface area contributed by atoms with E-state index in [2.05, 4.69) is 46.1 Å². The van der Waals surface area contributed by atoms with Gasteiger partial charge in [-0.2, -0.15) is 0 Å². The maximum Gasteiger partial charge on any atom is 0.219 e. The Kier molecular flexibility index (Phi) is 5.15. The third-order valence-corrected chi connectivity index (χ3v) is 3.37. The van der Waals surface area contributed by atoms with Crippen LogP contribution in [-0.4, -0.2) is 12.0 Å². The fourth-order valence-corrected chi connectivity index (χ4v) is 2.27. The summed E-state index contributed by atoms with van der Waals surface area (Å²) >= 11 is 3.44. The summed E-state index contributed by atoms with van der Waals surface area (Å²) in [4.78, 5) is 4.57. The lowest BCUT2D eigenvalue weighted by atomic mass is 10.1. The number of pyridine rings is 1. The number of ether oxygens (including phenoxy) is 1. The average Bonchev–Trinajstić information content (AvgIpc) is 2.38. The summed E-state index contributed by atoms with van der Waals surface area (Å²) < 4.78 is 6.86. The Balaban J connectivity index is 2.30. The van der Waals surface area contributed by atoms with E-state index in [0.717, 1.165) is 22.5 Å². The van der Waals surface area contributed by atoms with Gasteiger partial charge in [-0.15, -0.1) is 0 Å². The number of rotatable bonds is 5.